The number of nitrogens with zero attached hydrogens (tertiary/aromatic N) is 2. The normalized spacial score (nSPS) is 10.7. The largest absolute Gasteiger partial charge is 0.496 e. The van der Waals surface area contributed by atoms with Gasteiger partial charge in [0.05, 0.1) is 30.5 Å². The summed E-state index contributed by atoms with van der Waals surface area (Å²) in [6.07, 6.45) is 1.56. The molecule has 162 valence electrons. The SMILES string of the molecule is COc1cc2ccccc2cc1C(=O)N/N=C\c1ccc(OCc2ccccc2C#N)cc1. The second-order valence-electron chi connectivity index (χ2n) is 7.23. The number of methoxy groups -OCH3 is 1. The molecule has 1 amide bonds. The van der Waals surface area contributed by atoms with Crippen molar-refractivity contribution in [1.82, 2.24) is 5.43 Å². The Morgan fingerprint density at radius 2 is 1.70 bits per heavy atom. The summed E-state index contributed by atoms with van der Waals surface area (Å²) in [5.74, 6) is 0.802. The molecule has 6 heteroatoms. The Kier molecular flexibility index (Phi) is 6.62. The number of hydrogen-bond donors (Lipinski definition) is 1. The van der Waals surface area contributed by atoms with Crippen LogP contribution in [-0.4, -0.2) is 19.2 Å². The molecule has 0 bridgehead atoms. The molecule has 4 aromatic rings. The molecule has 0 aromatic heterocycles. The van der Waals surface area contributed by atoms with Crippen LogP contribution >= 0.6 is 0 Å². The molecule has 6 nitrogen and oxygen atoms in total. The van der Waals surface area contributed by atoms with Gasteiger partial charge in [0.1, 0.15) is 18.1 Å². The van der Waals surface area contributed by atoms with E-state index >= 15 is 0 Å². The number of carbonyl (C=O) groups excluding carboxylic acids is 1. The van der Waals surface area contributed by atoms with E-state index in [9.17, 15) is 4.79 Å². The molecule has 0 fully saturated rings. The molecule has 0 spiro atoms. The second-order valence-corrected chi connectivity index (χ2v) is 7.23. The predicted octanol–water partition coefficient (Wildman–Crippen LogP) is 5.06. The van der Waals surface area contributed by atoms with E-state index < -0.39 is 0 Å². The van der Waals surface area contributed by atoms with Gasteiger partial charge in [-0.05, 0) is 58.8 Å². The first kappa shape index (κ1) is 21.6. The van der Waals surface area contributed by atoms with Gasteiger partial charge in [0.25, 0.3) is 5.91 Å². The van der Waals surface area contributed by atoms with Crippen molar-refractivity contribution in [3.8, 4) is 17.6 Å². The van der Waals surface area contributed by atoms with Crippen LogP contribution in [0.25, 0.3) is 10.8 Å². The molecule has 33 heavy (non-hydrogen) atoms. The molecule has 0 atom stereocenters. The summed E-state index contributed by atoms with van der Waals surface area (Å²) in [7, 11) is 1.53. The zero-order valence-corrected chi connectivity index (χ0v) is 18.0. The van der Waals surface area contributed by atoms with Crippen molar-refractivity contribution in [3.63, 3.8) is 0 Å². The first-order chi connectivity index (χ1) is 16.2. The minimum atomic E-state index is -0.357. The Morgan fingerprint density at radius 3 is 2.42 bits per heavy atom. The number of hydrogen-bond acceptors (Lipinski definition) is 5. The molecule has 4 rings (SSSR count). The number of rotatable bonds is 7. The molecule has 0 heterocycles. The first-order valence-corrected chi connectivity index (χ1v) is 10.3. The number of nitrogens with one attached hydrogen (secondary N) is 1. The van der Waals surface area contributed by atoms with E-state index in [1.54, 1.807) is 18.3 Å². The van der Waals surface area contributed by atoms with Crippen LogP contribution in [0, 0.1) is 11.3 Å². The number of hydrazone groups is 1. The van der Waals surface area contributed by atoms with Crippen molar-refractivity contribution in [2.24, 2.45) is 5.10 Å². The van der Waals surface area contributed by atoms with Gasteiger partial charge >= 0.3 is 0 Å². The summed E-state index contributed by atoms with van der Waals surface area (Å²) in [6, 6.07) is 28.2. The van der Waals surface area contributed by atoms with E-state index in [2.05, 4.69) is 16.6 Å². The van der Waals surface area contributed by atoms with E-state index in [-0.39, 0.29) is 5.91 Å². The number of nitriles is 1. The quantitative estimate of drug-likeness (QED) is 0.325. The summed E-state index contributed by atoms with van der Waals surface area (Å²) in [6.45, 7) is 0.306. The van der Waals surface area contributed by atoms with Crippen LogP contribution in [0.15, 0.2) is 90.0 Å². The van der Waals surface area contributed by atoms with Gasteiger partial charge in [0, 0.05) is 5.56 Å². The Labute approximate surface area is 191 Å². The maximum Gasteiger partial charge on any atom is 0.275 e. The standard InChI is InChI=1S/C27H21N3O3/c1-32-26-15-21-7-3-2-6-20(21)14-25(26)27(31)30-29-17-19-10-12-24(13-11-19)33-18-23-9-5-4-8-22(23)16-28/h2-15,17H,18H2,1H3,(H,30,31)/b29-17-. The van der Waals surface area contributed by atoms with Gasteiger partial charge in [0.2, 0.25) is 0 Å². The van der Waals surface area contributed by atoms with Crippen LogP contribution < -0.4 is 14.9 Å². The highest BCUT2D eigenvalue weighted by molar-refractivity contribution is 6.01. The number of fused-ring (bicyclic) bond motifs is 1. The molecule has 0 aliphatic rings. The molecule has 4 aromatic carbocycles. The second kappa shape index (κ2) is 10.1. The van der Waals surface area contributed by atoms with Crippen molar-refractivity contribution in [2.75, 3.05) is 7.11 Å². The lowest BCUT2D eigenvalue weighted by Crippen LogP contribution is -2.18. The first-order valence-electron chi connectivity index (χ1n) is 10.3. The minimum Gasteiger partial charge on any atom is -0.496 e. The number of amides is 1. The van der Waals surface area contributed by atoms with Crippen LogP contribution in [0.5, 0.6) is 11.5 Å². The number of carbonyl (C=O) groups is 1. The molecule has 0 radical (unpaired) electrons. The van der Waals surface area contributed by atoms with Gasteiger partial charge in [-0.3, -0.25) is 4.79 Å². The van der Waals surface area contributed by atoms with E-state index in [1.165, 1.54) is 7.11 Å². The van der Waals surface area contributed by atoms with Gasteiger partial charge in [-0.1, -0.05) is 42.5 Å². The van der Waals surface area contributed by atoms with E-state index in [0.717, 1.165) is 21.9 Å². The van der Waals surface area contributed by atoms with Crippen LogP contribution in [0.3, 0.4) is 0 Å². The van der Waals surface area contributed by atoms with Crippen molar-refractivity contribution in [1.29, 1.82) is 5.26 Å². The Bertz CT molecular complexity index is 1360. The fourth-order valence-electron chi connectivity index (χ4n) is 3.36. The van der Waals surface area contributed by atoms with Gasteiger partial charge in [-0.15, -0.1) is 0 Å². The monoisotopic (exact) mass is 435 g/mol. The highest BCUT2D eigenvalue weighted by atomic mass is 16.5. The average molecular weight is 435 g/mol. The highest BCUT2D eigenvalue weighted by Crippen LogP contribution is 2.26. The third kappa shape index (κ3) is 5.17. The maximum absolute atomic E-state index is 12.6. The fraction of sp³-hybridized carbons (Fsp3) is 0.0741. The van der Waals surface area contributed by atoms with Crippen LogP contribution in [0.1, 0.15) is 27.0 Å². The topological polar surface area (TPSA) is 83.7 Å². The zero-order chi connectivity index (χ0) is 23.0. The third-order valence-corrected chi connectivity index (χ3v) is 5.10. The molecule has 0 saturated heterocycles. The number of benzene rings is 4. The lowest BCUT2D eigenvalue weighted by molar-refractivity contribution is 0.0952. The molecule has 0 aliphatic heterocycles. The maximum atomic E-state index is 12.6. The van der Waals surface area contributed by atoms with E-state index in [4.69, 9.17) is 14.7 Å². The summed E-state index contributed by atoms with van der Waals surface area (Å²) < 4.78 is 11.1. The van der Waals surface area contributed by atoms with Gasteiger partial charge in [-0.2, -0.15) is 10.4 Å². The Balaban J connectivity index is 1.38. The lowest BCUT2D eigenvalue weighted by Gasteiger charge is -2.09. The minimum absolute atomic E-state index is 0.306. The fourth-order valence-corrected chi connectivity index (χ4v) is 3.36. The van der Waals surface area contributed by atoms with Crippen molar-refractivity contribution in [3.05, 3.63) is 107 Å². The Hall–Kier alpha value is -4.63. The summed E-state index contributed by atoms with van der Waals surface area (Å²) >= 11 is 0. The molecule has 0 saturated carbocycles. The zero-order valence-electron chi connectivity index (χ0n) is 18.0. The summed E-state index contributed by atoms with van der Waals surface area (Å²) in [5.41, 5.74) is 5.19. The molecule has 0 aliphatic carbocycles. The highest BCUT2D eigenvalue weighted by Gasteiger charge is 2.13. The molecular weight excluding hydrogens is 414 g/mol. The summed E-state index contributed by atoms with van der Waals surface area (Å²) in [5, 5.41) is 15.2. The predicted molar refractivity (Wildman–Crippen MR) is 127 cm³/mol. The van der Waals surface area contributed by atoms with Crippen molar-refractivity contribution < 1.29 is 14.3 Å². The van der Waals surface area contributed by atoms with Gasteiger partial charge in [-0.25, -0.2) is 5.43 Å². The van der Waals surface area contributed by atoms with E-state index in [1.807, 2.05) is 72.8 Å². The van der Waals surface area contributed by atoms with Crippen LogP contribution in [0.4, 0.5) is 0 Å². The average Bonchev–Trinajstić information content (AvgIpc) is 2.87. The molecular formula is C27H21N3O3. The Morgan fingerprint density at radius 1 is 1.00 bits per heavy atom. The van der Waals surface area contributed by atoms with Crippen molar-refractivity contribution in [2.45, 2.75) is 6.61 Å². The third-order valence-electron chi connectivity index (χ3n) is 5.10. The molecule has 1 N–H and O–H groups in total. The smallest absolute Gasteiger partial charge is 0.275 e. The van der Waals surface area contributed by atoms with Gasteiger partial charge < -0.3 is 9.47 Å². The number of ether oxygens (including phenoxy) is 2. The van der Waals surface area contributed by atoms with Crippen LogP contribution in [-0.2, 0) is 6.61 Å². The van der Waals surface area contributed by atoms with Gasteiger partial charge in [0.15, 0.2) is 0 Å². The lowest BCUT2D eigenvalue weighted by atomic mass is 10.1. The van der Waals surface area contributed by atoms with E-state index in [0.29, 0.717) is 29.2 Å². The van der Waals surface area contributed by atoms with Crippen LogP contribution in [0.2, 0.25) is 0 Å². The molecule has 0 unspecified atom stereocenters. The summed E-state index contributed by atoms with van der Waals surface area (Å²) in [4.78, 5) is 12.6. The van der Waals surface area contributed by atoms with Crippen molar-refractivity contribution >= 4 is 22.9 Å².